The average molecular weight is 463 g/mol. The van der Waals surface area contributed by atoms with E-state index < -0.39 is 31.8 Å². The van der Waals surface area contributed by atoms with Gasteiger partial charge in [0.2, 0.25) is 5.95 Å². The number of pyridine rings is 3. The lowest BCUT2D eigenvalue weighted by Gasteiger charge is -2.37. The Balaban J connectivity index is 1.78. The third-order valence-corrected chi connectivity index (χ3v) is 8.39. The van der Waals surface area contributed by atoms with Gasteiger partial charge in [0.25, 0.3) is 0 Å². The molecule has 162 valence electrons. The fourth-order valence-electron chi connectivity index (χ4n) is 3.44. The Morgan fingerprint density at radius 3 is 2.61 bits per heavy atom. The highest BCUT2D eigenvalue weighted by molar-refractivity contribution is 7.93. The van der Waals surface area contributed by atoms with Crippen molar-refractivity contribution in [3.8, 4) is 0 Å². The van der Waals surface area contributed by atoms with Gasteiger partial charge in [-0.15, -0.1) is 0 Å². The van der Waals surface area contributed by atoms with Crippen molar-refractivity contribution in [1.82, 2.24) is 15.0 Å². The van der Waals surface area contributed by atoms with Gasteiger partial charge in [-0.25, -0.2) is 18.4 Å². The molecule has 3 aromatic rings. The minimum atomic E-state index is -3.69. The first-order valence-corrected chi connectivity index (χ1v) is 11.4. The molecule has 0 spiro atoms. The fourth-order valence-corrected chi connectivity index (χ4v) is 5.29. The maximum absolute atomic E-state index is 14.7. The lowest BCUT2D eigenvalue weighted by molar-refractivity contribution is 0.464. The number of fused-ring (bicyclic) bond motifs is 1. The van der Waals surface area contributed by atoms with E-state index in [2.05, 4.69) is 25.3 Å². The van der Waals surface area contributed by atoms with Crippen molar-refractivity contribution in [3.63, 3.8) is 0 Å². The predicted octanol–water partition coefficient (Wildman–Crippen LogP) is 3.34. The van der Waals surface area contributed by atoms with Gasteiger partial charge in [-0.05, 0) is 39.0 Å². The second-order valence-electron chi connectivity index (χ2n) is 8.11. The van der Waals surface area contributed by atoms with Crippen LogP contribution in [0.25, 0.3) is 10.9 Å². The lowest BCUT2D eigenvalue weighted by Crippen LogP contribution is -2.55. The van der Waals surface area contributed by atoms with Crippen LogP contribution in [-0.4, -0.2) is 39.7 Å². The van der Waals surface area contributed by atoms with Gasteiger partial charge in [-0.1, -0.05) is 11.6 Å². The summed E-state index contributed by atoms with van der Waals surface area (Å²) in [6.45, 7) is 4.49. The molecule has 4 rings (SSSR count). The third kappa shape index (κ3) is 3.59. The summed E-state index contributed by atoms with van der Waals surface area (Å²) in [5.74, 6) is -0.882. The van der Waals surface area contributed by atoms with E-state index in [1.54, 1.807) is 18.3 Å². The SMILES string of the molecule is CC1(C)C(N)=N[C@](C)(c2cc(Nc3nccc4cc(Cl)cnc34)cnc2F)CS1(=O)=O. The summed E-state index contributed by atoms with van der Waals surface area (Å²) in [5, 5.41) is 4.32. The van der Waals surface area contributed by atoms with Crippen molar-refractivity contribution >= 4 is 49.7 Å². The number of halogens is 2. The number of hydrogen-bond donors (Lipinski definition) is 2. The zero-order valence-corrected chi connectivity index (χ0v) is 18.6. The minimum Gasteiger partial charge on any atom is -0.386 e. The van der Waals surface area contributed by atoms with E-state index in [4.69, 9.17) is 17.3 Å². The highest BCUT2D eigenvalue weighted by Gasteiger charge is 2.49. The normalized spacial score (nSPS) is 22.2. The number of sulfone groups is 1. The highest BCUT2D eigenvalue weighted by Crippen LogP contribution is 2.38. The molecule has 0 saturated heterocycles. The van der Waals surface area contributed by atoms with Gasteiger partial charge in [0.15, 0.2) is 15.7 Å². The molecule has 1 atom stereocenters. The summed E-state index contributed by atoms with van der Waals surface area (Å²) in [5.41, 5.74) is 5.51. The second-order valence-corrected chi connectivity index (χ2v) is 11.1. The number of anilines is 2. The molecule has 0 fully saturated rings. The van der Waals surface area contributed by atoms with Crippen LogP contribution in [-0.2, 0) is 15.4 Å². The number of aromatic nitrogens is 3. The Kier molecular flexibility index (Phi) is 4.90. The first-order valence-electron chi connectivity index (χ1n) is 9.34. The molecule has 11 heteroatoms. The first kappa shape index (κ1) is 21.4. The molecule has 0 aliphatic carbocycles. The quantitative estimate of drug-likeness (QED) is 0.572. The van der Waals surface area contributed by atoms with E-state index >= 15 is 0 Å². The van der Waals surface area contributed by atoms with Crippen molar-refractivity contribution in [2.45, 2.75) is 31.1 Å². The topological polar surface area (TPSA) is 123 Å². The van der Waals surface area contributed by atoms with Crippen LogP contribution in [0.15, 0.2) is 41.8 Å². The van der Waals surface area contributed by atoms with Crippen LogP contribution in [0.5, 0.6) is 0 Å². The predicted molar refractivity (Wildman–Crippen MR) is 119 cm³/mol. The molecule has 3 aromatic heterocycles. The lowest BCUT2D eigenvalue weighted by atomic mass is 9.94. The summed E-state index contributed by atoms with van der Waals surface area (Å²) in [4.78, 5) is 16.7. The highest BCUT2D eigenvalue weighted by atomic mass is 35.5. The van der Waals surface area contributed by atoms with Gasteiger partial charge in [0.1, 0.15) is 21.6 Å². The van der Waals surface area contributed by atoms with E-state index in [1.165, 1.54) is 39.2 Å². The Labute approximate surface area is 183 Å². The summed E-state index contributed by atoms with van der Waals surface area (Å²) < 4.78 is 39.0. The van der Waals surface area contributed by atoms with Crippen LogP contribution in [0.1, 0.15) is 26.3 Å². The Morgan fingerprint density at radius 1 is 1.16 bits per heavy atom. The molecule has 8 nitrogen and oxygen atoms in total. The number of hydrogen-bond acceptors (Lipinski definition) is 8. The van der Waals surface area contributed by atoms with E-state index in [0.717, 1.165) is 5.39 Å². The van der Waals surface area contributed by atoms with Crippen LogP contribution in [0.3, 0.4) is 0 Å². The number of nitrogens with zero attached hydrogens (tertiary/aromatic N) is 4. The molecule has 3 N–H and O–H groups in total. The third-order valence-electron chi connectivity index (χ3n) is 5.48. The summed E-state index contributed by atoms with van der Waals surface area (Å²) >= 11 is 6.00. The van der Waals surface area contributed by atoms with Crippen molar-refractivity contribution in [1.29, 1.82) is 0 Å². The first-order chi connectivity index (χ1) is 14.4. The van der Waals surface area contributed by atoms with E-state index in [0.29, 0.717) is 22.0 Å². The minimum absolute atomic E-state index is 0.00997. The maximum Gasteiger partial charge on any atom is 0.218 e. The van der Waals surface area contributed by atoms with Crippen LogP contribution < -0.4 is 11.1 Å². The molecule has 1 aliphatic rings. The molecular formula is C20H20ClFN6O2S. The van der Waals surface area contributed by atoms with Gasteiger partial charge in [0.05, 0.1) is 22.7 Å². The molecule has 0 aromatic carbocycles. The maximum atomic E-state index is 14.7. The zero-order valence-electron chi connectivity index (χ0n) is 17.0. The number of amidine groups is 1. The average Bonchev–Trinajstić information content (AvgIpc) is 2.67. The van der Waals surface area contributed by atoms with Crippen LogP contribution >= 0.6 is 11.6 Å². The van der Waals surface area contributed by atoms with Gasteiger partial charge in [0, 0.05) is 23.3 Å². The largest absolute Gasteiger partial charge is 0.386 e. The number of nitrogens with two attached hydrogens (primary N) is 1. The van der Waals surface area contributed by atoms with Gasteiger partial charge in [-0.2, -0.15) is 4.39 Å². The Hall–Kier alpha value is -2.85. The van der Waals surface area contributed by atoms with Gasteiger partial charge in [-0.3, -0.25) is 9.98 Å². The molecular weight excluding hydrogens is 443 g/mol. The van der Waals surface area contributed by atoms with Crippen LogP contribution in [0, 0.1) is 5.95 Å². The molecule has 0 unspecified atom stereocenters. The smallest absolute Gasteiger partial charge is 0.218 e. The number of rotatable bonds is 3. The van der Waals surface area contributed by atoms with E-state index in [-0.39, 0.29) is 11.4 Å². The zero-order chi connectivity index (χ0) is 22.6. The van der Waals surface area contributed by atoms with Crippen molar-refractivity contribution in [2.24, 2.45) is 10.7 Å². The monoisotopic (exact) mass is 462 g/mol. The molecule has 0 amide bonds. The summed E-state index contributed by atoms with van der Waals surface area (Å²) in [7, 11) is -3.69. The summed E-state index contributed by atoms with van der Waals surface area (Å²) in [6, 6.07) is 4.97. The van der Waals surface area contributed by atoms with Gasteiger partial charge < -0.3 is 11.1 Å². The van der Waals surface area contributed by atoms with Crippen molar-refractivity contribution < 1.29 is 12.8 Å². The molecule has 1 aliphatic heterocycles. The second kappa shape index (κ2) is 7.10. The molecule has 0 radical (unpaired) electrons. The molecule has 0 saturated carbocycles. The van der Waals surface area contributed by atoms with Crippen molar-refractivity contribution in [2.75, 3.05) is 11.1 Å². The van der Waals surface area contributed by atoms with Gasteiger partial charge >= 0.3 is 0 Å². The number of aliphatic imine (C=N–C) groups is 1. The van der Waals surface area contributed by atoms with E-state index in [1.807, 2.05) is 0 Å². The van der Waals surface area contributed by atoms with Crippen LogP contribution in [0.4, 0.5) is 15.9 Å². The number of nitrogens with one attached hydrogen (secondary N) is 1. The fraction of sp³-hybridized carbons (Fsp3) is 0.300. The van der Waals surface area contributed by atoms with Crippen LogP contribution in [0.2, 0.25) is 5.02 Å². The Bertz CT molecular complexity index is 1340. The summed E-state index contributed by atoms with van der Waals surface area (Å²) in [6.07, 6.45) is 4.37. The molecule has 0 bridgehead atoms. The molecule has 4 heterocycles. The Morgan fingerprint density at radius 2 is 1.90 bits per heavy atom. The van der Waals surface area contributed by atoms with E-state index in [9.17, 15) is 12.8 Å². The molecule has 31 heavy (non-hydrogen) atoms. The standard InChI is InChI=1S/C20H20ClFN6O2S/c1-19(2)18(23)28-20(3,10-31(19,29)30)14-7-13(9-26-16(14)22)27-17-15-11(4-5-24-17)6-12(21)8-25-15/h4-9H,10H2,1-3H3,(H2,23,28)(H,24,27)/t20-/m0/s1. The van der Waals surface area contributed by atoms with Crippen molar-refractivity contribution in [3.05, 3.63) is 53.3 Å².